The Kier molecular flexibility index (Phi) is 13.9. The average Bonchev–Trinajstić information content (AvgIpc) is 3.72. The summed E-state index contributed by atoms with van der Waals surface area (Å²) >= 11 is 0. The van der Waals surface area contributed by atoms with Gasteiger partial charge in [-0.1, -0.05) is 243 Å². The Balaban J connectivity index is 1.06. The predicted octanol–water partition coefficient (Wildman–Crippen LogP) is 18.5. The summed E-state index contributed by atoms with van der Waals surface area (Å²) in [6.07, 6.45) is 0. The fourth-order valence-electron chi connectivity index (χ4n) is 10.5. The molecule has 0 radical (unpaired) electrons. The van der Waals surface area contributed by atoms with Crippen LogP contribution in [-0.2, 0) is 0 Å². The molecule has 14 rings (SSSR count). The van der Waals surface area contributed by atoms with Crippen molar-refractivity contribution in [3.05, 3.63) is 303 Å². The van der Waals surface area contributed by atoms with E-state index in [0.29, 0.717) is 34.4 Å². The maximum Gasteiger partial charge on any atom is 0.198 e. The molecule has 0 aliphatic rings. The van der Waals surface area contributed by atoms with Gasteiger partial charge < -0.3 is 0 Å². The lowest BCUT2D eigenvalue weighted by Gasteiger charge is -2.15. The van der Waals surface area contributed by atoms with Crippen molar-refractivity contribution in [1.82, 2.24) is 39.9 Å². The molecule has 6 aromatic heterocycles. The van der Waals surface area contributed by atoms with Crippen LogP contribution in [0.3, 0.4) is 0 Å². The van der Waals surface area contributed by atoms with Crippen LogP contribution < -0.4 is 0 Å². The SMILES string of the molecule is c1ccc(-c2cc(-c3cc(-c4cc(-c5ccccc5)nc(-c5ccccc5)c4)nc(-c4nc(-c5cc(-c6ccccc6)nc(-c6ccccc6)c5)cc(-c5cc(-c6ccccc6)nc(-c6ccccc6)c5)n4)n3)cc(-c3ccccc3)n2)cc1. The van der Waals surface area contributed by atoms with Crippen LogP contribution in [0.1, 0.15) is 0 Å². The molecule has 0 saturated heterocycles. The van der Waals surface area contributed by atoms with Gasteiger partial charge in [-0.2, -0.15) is 0 Å². The third-order valence-electron chi connectivity index (χ3n) is 14.7. The highest BCUT2D eigenvalue weighted by atomic mass is 15.0. The Hall–Kier alpha value is -11.5. The molecule has 0 atom stereocenters. The molecule has 0 bridgehead atoms. The number of hydrogen-bond donors (Lipinski definition) is 0. The van der Waals surface area contributed by atoms with Crippen molar-refractivity contribution in [2.75, 3.05) is 0 Å². The van der Waals surface area contributed by atoms with E-state index in [1.54, 1.807) is 0 Å². The minimum atomic E-state index is 0.325. The maximum absolute atomic E-state index is 5.56. The minimum absolute atomic E-state index is 0.325. The zero-order valence-electron chi connectivity index (χ0n) is 45.4. The number of nitrogens with zero attached hydrogens (tertiary/aromatic N) is 8. The van der Waals surface area contributed by atoms with Gasteiger partial charge in [-0.25, -0.2) is 39.9 Å². The van der Waals surface area contributed by atoms with Gasteiger partial charge in [0.25, 0.3) is 0 Å². The highest BCUT2D eigenvalue weighted by Gasteiger charge is 2.22. The number of rotatable bonds is 13. The number of hydrogen-bond acceptors (Lipinski definition) is 8. The normalized spacial score (nSPS) is 11.1. The first-order valence-corrected chi connectivity index (χ1v) is 27.9. The lowest BCUT2D eigenvalue weighted by molar-refractivity contribution is 1.09. The Morgan fingerprint density at radius 3 is 0.393 bits per heavy atom. The van der Waals surface area contributed by atoms with Gasteiger partial charge in [0.15, 0.2) is 11.6 Å². The van der Waals surface area contributed by atoms with Crippen LogP contribution in [0.4, 0.5) is 0 Å². The fraction of sp³-hybridized carbons (Fsp3) is 0. The average molecular weight is 1080 g/mol. The zero-order valence-corrected chi connectivity index (χ0v) is 45.4. The van der Waals surface area contributed by atoms with E-state index in [4.69, 9.17) is 39.9 Å². The molecule has 0 N–H and O–H groups in total. The highest BCUT2D eigenvalue weighted by Crippen LogP contribution is 2.38. The van der Waals surface area contributed by atoms with E-state index in [-0.39, 0.29) is 0 Å². The number of benzene rings is 8. The van der Waals surface area contributed by atoms with Crippen molar-refractivity contribution in [1.29, 1.82) is 0 Å². The zero-order chi connectivity index (χ0) is 56.0. The molecule has 6 heterocycles. The Bertz CT molecular complexity index is 3790. The smallest absolute Gasteiger partial charge is 0.198 e. The summed E-state index contributed by atoms with van der Waals surface area (Å²) in [5.41, 5.74) is 20.2. The van der Waals surface area contributed by atoms with Crippen molar-refractivity contribution in [3.8, 4) is 147 Å². The van der Waals surface area contributed by atoms with Crippen LogP contribution in [0, 0.1) is 0 Å². The second-order valence-corrected chi connectivity index (χ2v) is 20.4. The lowest BCUT2D eigenvalue weighted by Crippen LogP contribution is -2.03. The molecule has 0 saturated carbocycles. The van der Waals surface area contributed by atoms with Gasteiger partial charge >= 0.3 is 0 Å². The molecule has 0 aliphatic heterocycles. The first-order chi connectivity index (χ1) is 41.6. The van der Waals surface area contributed by atoms with Crippen molar-refractivity contribution >= 4 is 0 Å². The Morgan fingerprint density at radius 2 is 0.250 bits per heavy atom. The van der Waals surface area contributed by atoms with Gasteiger partial charge in [-0.05, 0) is 60.7 Å². The van der Waals surface area contributed by atoms with Gasteiger partial charge in [-0.15, -0.1) is 0 Å². The molecule has 8 heteroatoms. The van der Waals surface area contributed by atoms with Crippen molar-refractivity contribution in [2.45, 2.75) is 0 Å². The first kappa shape index (κ1) is 50.7. The van der Waals surface area contributed by atoms with Crippen molar-refractivity contribution < 1.29 is 0 Å². The molecule has 0 unspecified atom stereocenters. The van der Waals surface area contributed by atoms with Gasteiger partial charge in [0.2, 0.25) is 0 Å². The first-order valence-electron chi connectivity index (χ1n) is 27.9. The Labute approximate surface area is 487 Å². The van der Waals surface area contributed by atoms with E-state index in [1.165, 1.54) is 0 Å². The van der Waals surface area contributed by atoms with Crippen LogP contribution in [0.15, 0.2) is 303 Å². The predicted molar refractivity (Wildman–Crippen MR) is 339 cm³/mol. The van der Waals surface area contributed by atoms with Gasteiger partial charge in [0.1, 0.15) is 0 Å². The second-order valence-electron chi connectivity index (χ2n) is 20.4. The summed E-state index contributed by atoms with van der Waals surface area (Å²) in [6, 6.07) is 103. The maximum atomic E-state index is 5.56. The van der Waals surface area contributed by atoms with Crippen molar-refractivity contribution in [3.63, 3.8) is 0 Å². The summed E-state index contributed by atoms with van der Waals surface area (Å²) in [6.45, 7) is 0. The van der Waals surface area contributed by atoms with E-state index in [9.17, 15) is 0 Å². The molecule has 8 aromatic carbocycles. The minimum Gasteiger partial charge on any atom is -0.248 e. The topological polar surface area (TPSA) is 103 Å². The third kappa shape index (κ3) is 10.9. The molecule has 0 aliphatic carbocycles. The molecule has 0 fully saturated rings. The Morgan fingerprint density at radius 1 is 0.119 bits per heavy atom. The van der Waals surface area contributed by atoms with Crippen LogP contribution in [0.2, 0.25) is 0 Å². The molecule has 0 amide bonds. The number of pyridine rings is 4. The van der Waals surface area contributed by atoms with Crippen LogP contribution >= 0.6 is 0 Å². The van der Waals surface area contributed by atoms with E-state index in [0.717, 1.165) is 112 Å². The van der Waals surface area contributed by atoms with E-state index in [2.05, 4.69) is 158 Å². The summed E-state index contributed by atoms with van der Waals surface area (Å²) in [4.78, 5) is 43.3. The largest absolute Gasteiger partial charge is 0.248 e. The summed E-state index contributed by atoms with van der Waals surface area (Å²) in [7, 11) is 0. The van der Waals surface area contributed by atoms with Gasteiger partial charge in [-0.3, -0.25) is 0 Å². The van der Waals surface area contributed by atoms with Gasteiger partial charge in [0.05, 0.1) is 68.3 Å². The lowest BCUT2D eigenvalue weighted by atomic mass is 10.00. The van der Waals surface area contributed by atoms with E-state index < -0.39 is 0 Å². The van der Waals surface area contributed by atoms with Crippen molar-refractivity contribution in [2.24, 2.45) is 0 Å². The molecule has 394 valence electrons. The van der Waals surface area contributed by atoms with Crippen LogP contribution in [0.5, 0.6) is 0 Å². The molecule has 84 heavy (non-hydrogen) atoms. The molecular weight excluding hydrogens is 1020 g/mol. The second kappa shape index (κ2) is 22.9. The number of aromatic nitrogens is 8. The third-order valence-corrected chi connectivity index (χ3v) is 14.7. The molecule has 14 aromatic rings. The van der Waals surface area contributed by atoms with E-state index in [1.807, 2.05) is 146 Å². The molecular formula is C76H50N8. The van der Waals surface area contributed by atoms with Gasteiger partial charge in [0, 0.05) is 66.8 Å². The summed E-state index contributed by atoms with van der Waals surface area (Å²) in [5.74, 6) is 0.649. The highest BCUT2D eigenvalue weighted by molar-refractivity contribution is 5.84. The standard InChI is InChI=1S/C76H50N8/c1-9-25-51(26-10-1)63-41-59(42-64(77-63)52-27-11-2-12-28-52)71-49-72(60-43-65(53-29-13-3-14-30-53)78-66(44-60)54-31-15-4-16-32-54)82-75(81-71)76-83-73(61-45-67(55-33-17-5-18-34-55)79-68(46-61)56-35-19-6-20-36-56)50-74(84-76)62-47-69(57-37-21-7-22-38-57)80-70(48-62)58-39-23-8-24-40-58/h1-50H. The van der Waals surface area contributed by atoms with E-state index >= 15 is 0 Å². The monoisotopic (exact) mass is 1070 g/mol. The molecule has 8 nitrogen and oxygen atoms in total. The summed E-state index contributed by atoms with van der Waals surface area (Å²) in [5, 5.41) is 0. The van der Waals surface area contributed by atoms with Crippen LogP contribution in [-0.4, -0.2) is 39.9 Å². The summed E-state index contributed by atoms with van der Waals surface area (Å²) < 4.78 is 0. The fourth-order valence-corrected chi connectivity index (χ4v) is 10.5. The van der Waals surface area contributed by atoms with Crippen LogP contribution in [0.25, 0.3) is 147 Å². The molecule has 0 spiro atoms. The quantitative estimate of drug-likeness (QED) is 0.112.